The van der Waals surface area contributed by atoms with Crippen LogP contribution in [0.1, 0.15) is 30.1 Å². The van der Waals surface area contributed by atoms with E-state index < -0.39 is 20.5 Å². The van der Waals surface area contributed by atoms with Crippen molar-refractivity contribution in [2.24, 2.45) is 11.7 Å². The van der Waals surface area contributed by atoms with Crippen LogP contribution in [0.15, 0.2) is 29.2 Å². The van der Waals surface area contributed by atoms with Crippen molar-refractivity contribution in [3.8, 4) is 0 Å². The first-order valence-electron chi connectivity index (χ1n) is 7.40. The highest BCUT2D eigenvalue weighted by Crippen LogP contribution is 2.24. The van der Waals surface area contributed by atoms with E-state index in [4.69, 9.17) is 5.73 Å². The van der Waals surface area contributed by atoms with Crippen LogP contribution in [0.2, 0.25) is 0 Å². The van der Waals surface area contributed by atoms with Crippen molar-refractivity contribution in [2.45, 2.75) is 36.5 Å². The molecule has 0 radical (unpaired) electrons. The highest BCUT2D eigenvalue weighted by atomic mass is 35.5. The Kier molecular flexibility index (Phi) is 7.12. The monoisotopic (exact) mass is 382 g/mol. The zero-order chi connectivity index (χ0) is 17.2. The van der Waals surface area contributed by atoms with Crippen molar-refractivity contribution in [3.05, 3.63) is 29.8 Å². The number of likely N-dealkylation sites (tertiary alicyclic amines) is 1. The van der Waals surface area contributed by atoms with E-state index in [0.29, 0.717) is 19.0 Å². The molecule has 2 atom stereocenters. The molecule has 1 aromatic rings. The summed E-state index contributed by atoms with van der Waals surface area (Å²) in [5.74, 6) is -3.24. The van der Waals surface area contributed by atoms with Gasteiger partial charge in [-0.05, 0) is 43.0 Å². The summed E-state index contributed by atoms with van der Waals surface area (Å²) in [5.41, 5.74) is 6.00. The van der Waals surface area contributed by atoms with E-state index in [1.807, 2.05) is 0 Å². The zero-order valence-corrected chi connectivity index (χ0v) is 14.8. The van der Waals surface area contributed by atoms with Crippen LogP contribution in [0.3, 0.4) is 0 Å². The Balaban J connectivity index is 0.00000288. The number of hydrogen-bond acceptors (Lipinski definition) is 4. The molecule has 0 spiro atoms. The lowest BCUT2D eigenvalue weighted by Crippen LogP contribution is -2.49. The number of benzene rings is 1. The second-order valence-electron chi connectivity index (χ2n) is 5.85. The molecular formula is C15H21ClF2N2O3S. The summed E-state index contributed by atoms with van der Waals surface area (Å²) in [6, 6.07) is 4.56. The lowest BCUT2D eigenvalue weighted by Gasteiger charge is -2.38. The number of rotatable bonds is 4. The molecule has 1 aliphatic rings. The Morgan fingerprint density at radius 1 is 1.33 bits per heavy atom. The Labute approximate surface area is 146 Å². The van der Waals surface area contributed by atoms with Crippen LogP contribution in [0, 0.1) is 5.92 Å². The van der Waals surface area contributed by atoms with Gasteiger partial charge in [-0.3, -0.25) is 4.79 Å². The van der Waals surface area contributed by atoms with Gasteiger partial charge in [0, 0.05) is 24.7 Å². The lowest BCUT2D eigenvalue weighted by atomic mass is 9.92. The summed E-state index contributed by atoms with van der Waals surface area (Å²) in [6.07, 6.45) is 1.69. The first kappa shape index (κ1) is 20.8. The van der Waals surface area contributed by atoms with Gasteiger partial charge in [-0.1, -0.05) is 6.92 Å². The van der Waals surface area contributed by atoms with Gasteiger partial charge in [-0.2, -0.15) is 8.78 Å². The van der Waals surface area contributed by atoms with Crippen LogP contribution in [-0.2, 0) is 9.84 Å². The average molecular weight is 383 g/mol. The zero-order valence-electron chi connectivity index (χ0n) is 13.2. The summed E-state index contributed by atoms with van der Waals surface area (Å²) in [6.45, 7) is 3.04. The van der Waals surface area contributed by atoms with Crippen LogP contribution in [0.5, 0.6) is 0 Å². The number of hydrogen-bond donors (Lipinski definition) is 1. The number of nitrogens with zero attached hydrogens (tertiary/aromatic N) is 1. The molecule has 136 valence electrons. The summed E-state index contributed by atoms with van der Waals surface area (Å²) < 4.78 is 47.8. The molecule has 1 aromatic carbocycles. The number of carbonyl (C=O) groups excluding carboxylic acids is 1. The summed E-state index contributed by atoms with van der Waals surface area (Å²) >= 11 is 0. The van der Waals surface area contributed by atoms with Crippen molar-refractivity contribution in [1.29, 1.82) is 0 Å². The highest BCUT2D eigenvalue weighted by Gasteiger charge is 2.30. The molecule has 2 unspecified atom stereocenters. The smallest absolute Gasteiger partial charge is 0.334 e. The molecule has 0 aromatic heterocycles. The van der Waals surface area contributed by atoms with Gasteiger partial charge in [0.05, 0.1) is 4.90 Å². The molecule has 9 heteroatoms. The van der Waals surface area contributed by atoms with Gasteiger partial charge in [0.2, 0.25) is 9.84 Å². The minimum atomic E-state index is -4.65. The van der Waals surface area contributed by atoms with Gasteiger partial charge < -0.3 is 10.6 Å². The van der Waals surface area contributed by atoms with E-state index in [0.717, 1.165) is 25.0 Å². The molecule has 2 N–H and O–H groups in total. The first-order chi connectivity index (χ1) is 10.8. The van der Waals surface area contributed by atoms with Crippen molar-refractivity contribution in [3.63, 3.8) is 0 Å². The van der Waals surface area contributed by atoms with E-state index in [9.17, 15) is 22.0 Å². The maximum atomic E-state index is 12.5. The van der Waals surface area contributed by atoms with Gasteiger partial charge >= 0.3 is 5.76 Å². The van der Waals surface area contributed by atoms with Gasteiger partial charge in [-0.25, -0.2) is 8.42 Å². The fourth-order valence-corrected chi connectivity index (χ4v) is 3.52. The van der Waals surface area contributed by atoms with Crippen molar-refractivity contribution < 1.29 is 22.0 Å². The molecule has 1 heterocycles. The minimum Gasteiger partial charge on any atom is -0.334 e. The number of nitrogens with two attached hydrogens (primary N) is 1. The normalized spacial score (nSPS) is 21.5. The van der Waals surface area contributed by atoms with Gasteiger partial charge in [0.1, 0.15) is 0 Å². The number of halogens is 3. The van der Waals surface area contributed by atoms with Crippen LogP contribution in [-0.4, -0.2) is 44.1 Å². The summed E-state index contributed by atoms with van der Waals surface area (Å²) in [4.78, 5) is 13.7. The molecule has 1 fully saturated rings. The largest absolute Gasteiger partial charge is 0.341 e. The molecule has 2 rings (SSSR count). The van der Waals surface area contributed by atoms with E-state index in [1.54, 1.807) is 4.90 Å². The second kappa shape index (κ2) is 8.22. The molecule has 0 saturated carbocycles. The third-order valence-electron chi connectivity index (χ3n) is 4.18. The molecule has 24 heavy (non-hydrogen) atoms. The lowest BCUT2D eigenvalue weighted by molar-refractivity contribution is 0.0573. The summed E-state index contributed by atoms with van der Waals surface area (Å²) in [5, 5.41) is 0. The van der Waals surface area contributed by atoms with Crippen LogP contribution >= 0.6 is 12.4 Å². The fourth-order valence-electron chi connectivity index (χ4n) is 2.80. The standard InChI is InChI=1S/C15H20F2N2O3S.ClH/c1-10-6-7-19(12(8-10)9-18)14(20)11-2-4-13(5-3-11)23(21,22)15(16)17;/h2-5,10,12,15H,6-9,18H2,1H3;1H. The third-order valence-corrected chi connectivity index (χ3v) is 5.57. The van der Waals surface area contributed by atoms with E-state index in [-0.39, 0.29) is 29.9 Å². The highest BCUT2D eigenvalue weighted by molar-refractivity contribution is 7.91. The summed E-state index contributed by atoms with van der Waals surface area (Å²) in [7, 11) is -4.65. The Bertz CT molecular complexity index is 668. The Morgan fingerprint density at radius 3 is 2.42 bits per heavy atom. The number of amides is 1. The average Bonchev–Trinajstić information content (AvgIpc) is 2.54. The van der Waals surface area contributed by atoms with Gasteiger partial charge in [-0.15, -0.1) is 12.4 Å². The Morgan fingerprint density at radius 2 is 1.92 bits per heavy atom. The van der Waals surface area contributed by atoms with Crippen LogP contribution < -0.4 is 5.73 Å². The third kappa shape index (κ3) is 4.23. The number of alkyl halides is 2. The topological polar surface area (TPSA) is 80.5 Å². The predicted octanol–water partition coefficient (Wildman–Crippen LogP) is 2.30. The predicted molar refractivity (Wildman–Crippen MR) is 89.2 cm³/mol. The maximum Gasteiger partial charge on any atom is 0.341 e. The number of piperidine rings is 1. The van der Waals surface area contributed by atoms with Crippen molar-refractivity contribution in [2.75, 3.05) is 13.1 Å². The first-order valence-corrected chi connectivity index (χ1v) is 8.95. The van der Waals surface area contributed by atoms with E-state index in [1.165, 1.54) is 12.1 Å². The van der Waals surface area contributed by atoms with Gasteiger partial charge in [0.15, 0.2) is 0 Å². The van der Waals surface area contributed by atoms with E-state index >= 15 is 0 Å². The van der Waals surface area contributed by atoms with Crippen LogP contribution in [0.4, 0.5) is 8.78 Å². The molecular weight excluding hydrogens is 362 g/mol. The number of carbonyl (C=O) groups is 1. The second-order valence-corrected chi connectivity index (χ2v) is 7.77. The Hall–Kier alpha value is -1.25. The fraction of sp³-hybridized carbons (Fsp3) is 0.533. The van der Waals surface area contributed by atoms with Crippen LogP contribution in [0.25, 0.3) is 0 Å². The molecule has 1 saturated heterocycles. The van der Waals surface area contributed by atoms with E-state index in [2.05, 4.69) is 6.92 Å². The van der Waals surface area contributed by atoms with Crippen molar-refractivity contribution >= 4 is 28.2 Å². The molecule has 1 amide bonds. The molecule has 0 aliphatic carbocycles. The molecule has 5 nitrogen and oxygen atoms in total. The molecule has 1 aliphatic heterocycles. The molecule has 0 bridgehead atoms. The quantitative estimate of drug-likeness (QED) is 0.866. The SMILES string of the molecule is CC1CCN(C(=O)c2ccc(S(=O)(=O)C(F)F)cc2)C(CN)C1.Cl. The number of sulfone groups is 1. The van der Waals surface area contributed by atoms with Gasteiger partial charge in [0.25, 0.3) is 5.91 Å². The minimum absolute atomic E-state index is 0. The maximum absolute atomic E-state index is 12.5. The van der Waals surface area contributed by atoms with Crippen molar-refractivity contribution in [1.82, 2.24) is 4.90 Å².